The van der Waals surface area contributed by atoms with Crippen LogP contribution >= 0.6 is 45.8 Å². The van der Waals surface area contributed by atoms with E-state index in [1.807, 2.05) is 18.2 Å². The van der Waals surface area contributed by atoms with Crippen molar-refractivity contribution in [1.29, 1.82) is 0 Å². The molecule has 2 rings (SSSR count). The maximum Gasteiger partial charge on any atom is 0.129 e. The predicted molar refractivity (Wildman–Crippen MR) is 82.9 cm³/mol. The predicted octanol–water partition coefficient (Wildman–Crippen LogP) is 5.35. The Kier molecular flexibility index (Phi) is 4.70. The van der Waals surface area contributed by atoms with Crippen LogP contribution in [0.25, 0.3) is 0 Å². The third-order valence-corrected chi connectivity index (χ3v) is 3.79. The Hall–Kier alpha value is -0.520. The zero-order valence-electron chi connectivity index (χ0n) is 9.18. The van der Waals surface area contributed by atoms with Gasteiger partial charge in [-0.1, -0.05) is 29.3 Å². The van der Waals surface area contributed by atoms with Crippen LogP contribution < -0.4 is 5.32 Å². The number of hydrogen-bond donors (Lipinski definition) is 1. The van der Waals surface area contributed by atoms with Gasteiger partial charge in [-0.2, -0.15) is 0 Å². The third kappa shape index (κ3) is 3.28. The number of nitrogens with one attached hydrogen (secondary N) is 1. The van der Waals surface area contributed by atoms with Crippen LogP contribution in [0.1, 0.15) is 5.56 Å². The minimum atomic E-state index is -0.323. The fourth-order valence-corrected chi connectivity index (χ4v) is 2.67. The van der Waals surface area contributed by atoms with Gasteiger partial charge in [0.2, 0.25) is 0 Å². The van der Waals surface area contributed by atoms with Crippen molar-refractivity contribution in [3.63, 3.8) is 0 Å². The number of rotatable bonds is 3. The summed E-state index contributed by atoms with van der Waals surface area (Å²) in [5.41, 5.74) is 1.20. The highest BCUT2D eigenvalue weighted by atomic mass is 127. The Bertz CT molecular complexity index is 555. The molecule has 0 atom stereocenters. The van der Waals surface area contributed by atoms with E-state index in [0.717, 1.165) is 9.26 Å². The van der Waals surface area contributed by atoms with E-state index in [2.05, 4.69) is 27.9 Å². The number of hydrogen-bond acceptors (Lipinski definition) is 1. The third-order valence-electron chi connectivity index (χ3n) is 2.45. The summed E-state index contributed by atoms with van der Waals surface area (Å²) in [7, 11) is 0. The molecule has 2 aromatic rings. The van der Waals surface area contributed by atoms with E-state index in [0.29, 0.717) is 22.2 Å². The second kappa shape index (κ2) is 6.08. The summed E-state index contributed by atoms with van der Waals surface area (Å²) in [5.74, 6) is -0.323. The van der Waals surface area contributed by atoms with Crippen LogP contribution in [0.3, 0.4) is 0 Å². The molecule has 0 unspecified atom stereocenters. The number of halogens is 4. The quantitative estimate of drug-likeness (QED) is 0.690. The normalized spacial score (nSPS) is 10.4. The van der Waals surface area contributed by atoms with Gasteiger partial charge in [0.05, 0.1) is 10.7 Å². The lowest BCUT2D eigenvalue weighted by molar-refractivity contribution is 0.613. The summed E-state index contributed by atoms with van der Waals surface area (Å²) < 4.78 is 14.6. The van der Waals surface area contributed by atoms with Gasteiger partial charge in [0, 0.05) is 20.7 Å². The van der Waals surface area contributed by atoms with Crippen molar-refractivity contribution in [3.05, 3.63) is 61.4 Å². The van der Waals surface area contributed by atoms with E-state index >= 15 is 0 Å². The molecule has 0 saturated heterocycles. The summed E-state index contributed by atoms with van der Waals surface area (Å²) in [6.45, 7) is 0.297. The lowest BCUT2D eigenvalue weighted by atomic mass is 10.2. The molecule has 5 heteroatoms. The van der Waals surface area contributed by atoms with Crippen molar-refractivity contribution in [3.8, 4) is 0 Å². The van der Waals surface area contributed by atoms with Crippen LogP contribution in [-0.4, -0.2) is 0 Å². The molecule has 1 nitrogen and oxygen atoms in total. The topological polar surface area (TPSA) is 12.0 Å². The monoisotopic (exact) mass is 395 g/mol. The molecular weight excluding hydrogens is 387 g/mol. The van der Waals surface area contributed by atoms with Gasteiger partial charge in [-0.05, 0) is 52.9 Å². The second-order valence-electron chi connectivity index (χ2n) is 3.68. The second-order valence-corrected chi connectivity index (χ2v) is 5.74. The van der Waals surface area contributed by atoms with Crippen molar-refractivity contribution in [2.45, 2.75) is 6.54 Å². The molecule has 0 radical (unpaired) electrons. The van der Waals surface area contributed by atoms with E-state index < -0.39 is 0 Å². The first-order valence-corrected chi connectivity index (χ1v) is 7.03. The van der Waals surface area contributed by atoms with Gasteiger partial charge in [-0.15, -0.1) is 0 Å². The van der Waals surface area contributed by atoms with Crippen LogP contribution in [-0.2, 0) is 6.54 Å². The highest BCUT2D eigenvalue weighted by Gasteiger charge is 2.07. The van der Waals surface area contributed by atoms with Crippen LogP contribution in [0.15, 0.2) is 36.4 Å². The molecule has 94 valence electrons. The van der Waals surface area contributed by atoms with Gasteiger partial charge in [0.1, 0.15) is 5.82 Å². The summed E-state index contributed by atoms with van der Waals surface area (Å²) in [6.07, 6.45) is 0. The van der Waals surface area contributed by atoms with Crippen LogP contribution in [0, 0.1) is 9.39 Å². The largest absolute Gasteiger partial charge is 0.380 e. The minimum absolute atomic E-state index is 0.297. The van der Waals surface area contributed by atoms with Crippen molar-refractivity contribution in [1.82, 2.24) is 0 Å². The summed E-state index contributed by atoms with van der Waals surface area (Å²) >= 11 is 14.2. The molecule has 1 N–H and O–H groups in total. The van der Waals surface area contributed by atoms with Gasteiger partial charge in [0.15, 0.2) is 0 Å². The van der Waals surface area contributed by atoms with Gasteiger partial charge >= 0.3 is 0 Å². The van der Waals surface area contributed by atoms with Crippen molar-refractivity contribution in [2.75, 3.05) is 5.32 Å². The molecule has 0 aliphatic heterocycles. The van der Waals surface area contributed by atoms with Gasteiger partial charge < -0.3 is 5.32 Å². The van der Waals surface area contributed by atoms with Crippen LogP contribution in [0.2, 0.25) is 10.0 Å². The molecule has 2 aromatic carbocycles. The van der Waals surface area contributed by atoms with Gasteiger partial charge in [0.25, 0.3) is 0 Å². The first kappa shape index (κ1) is 13.9. The van der Waals surface area contributed by atoms with Crippen molar-refractivity contribution in [2.24, 2.45) is 0 Å². The fraction of sp³-hybridized carbons (Fsp3) is 0.0769. The Labute approximate surface area is 128 Å². The average Bonchev–Trinajstić information content (AvgIpc) is 2.31. The highest BCUT2D eigenvalue weighted by molar-refractivity contribution is 14.1. The van der Waals surface area contributed by atoms with Gasteiger partial charge in [-0.25, -0.2) is 4.39 Å². The molecule has 0 amide bonds. The van der Waals surface area contributed by atoms with E-state index in [4.69, 9.17) is 23.2 Å². The standard InChI is InChI=1S/C13H9Cl2FIN/c14-10-2-1-3-12(16)9(10)7-18-13-5-4-8(17)6-11(13)15/h1-6,18H,7H2. The first-order chi connectivity index (χ1) is 8.58. The zero-order chi connectivity index (χ0) is 13.1. The summed E-state index contributed by atoms with van der Waals surface area (Å²) in [6, 6.07) is 10.3. The van der Waals surface area contributed by atoms with E-state index in [1.165, 1.54) is 6.07 Å². The number of anilines is 1. The van der Waals surface area contributed by atoms with Crippen LogP contribution in [0.5, 0.6) is 0 Å². The molecule has 0 aromatic heterocycles. The Morgan fingerprint density at radius 3 is 2.56 bits per heavy atom. The Balaban J connectivity index is 2.16. The zero-order valence-corrected chi connectivity index (χ0v) is 12.9. The fourth-order valence-electron chi connectivity index (χ4n) is 1.52. The van der Waals surface area contributed by atoms with E-state index in [1.54, 1.807) is 12.1 Å². The summed E-state index contributed by atoms with van der Waals surface area (Å²) in [5, 5.41) is 4.09. The summed E-state index contributed by atoms with van der Waals surface area (Å²) in [4.78, 5) is 0. The van der Waals surface area contributed by atoms with Gasteiger partial charge in [-0.3, -0.25) is 0 Å². The molecule has 0 saturated carbocycles. The average molecular weight is 396 g/mol. The van der Waals surface area contributed by atoms with Crippen molar-refractivity contribution >= 4 is 51.5 Å². The Morgan fingerprint density at radius 2 is 1.89 bits per heavy atom. The molecular formula is C13H9Cl2FIN. The van der Waals surface area contributed by atoms with Crippen molar-refractivity contribution < 1.29 is 4.39 Å². The molecule has 18 heavy (non-hydrogen) atoms. The molecule has 0 heterocycles. The van der Waals surface area contributed by atoms with Crippen LogP contribution in [0.4, 0.5) is 10.1 Å². The minimum Gasteiger partial charge on any atom is -0.380 e. The maximum absolute atomic E-state index is 13.6. The lowest BCUT2D eigenvalue weighted by Crippen LogP contribution is -2.03. The highest BCUT2D eigenvalue weighted by Crippen LogP contribution is 2.26. The maximum atomic E-state index is 13.6. The Morgan fingerprint density at radius 1 is 1.11 bits per heavy atom. The first-order valence-electron chi connectivity index (χ1n) is 5.20. The molecule has 0 aliphatic rings. The molecule has 0 aliphatic carbocycles. The molecule has 0 bridgehead atoms. The number of benzene rings is 2. The smallest absolute Gasteiger partial charge is 0.129 e. The molecule has 0 spiro atoms. The van der Waals surface area contributed by atoms with E-state index in [-0.39, 0.29) is 5.82 Å². The molecule has 0 fully saturated rings. The van der Waals surface area contributed by atoms with E-state index in [9.17, 15) is 4.39 Å². The lowest BCUT2D eigenvalue weighted by Gasteiger charge is -2.10. The SMILES string of the molecule is Fc1cccc(Cl)c1CNc1ccc(I)cc1Cl.